The van der Waals surface area contributed by atoms with Crippen LogP contribution in [0.4, 0.5) is 0 Å². The predicted molar refractivity (Wildman–Crippen MR) is 95.5 cm³/mol. The van der Waals surface area contributed by atoms with Gasteiger partial charge in [-0.1, -0.05) is 26.3 Å². The second-order valence-electron chi connectivity index (χ2n) is 9.08. The van der Waals surface area contributed by atoms with E-state index in [1.54, 1.807) is 5.57 Å². The van der Waals surface area contributed by atoms with E-state index in [0.717, 1.165) is 32.1 Å². The van der Waals surface area contributed by atoms with Gasteiger partial charge in [-0.3, -0.25) is 9.59 Å². The molecule has 4 atom stereocenters. The molecule has 0 N–H and O–H groups in total. The van der Waals surface area contributed by atoms with E-state index in [4.69, 9.17) is 0 Å². The lowest BCUT2D eigenvalue weighted by molar-refractivity contribution is -0.130. The Morgan fingerprint density at radius 1 is 1.12 bits per heavy atom. The van der Waals surface area contributed by atoms with Crippen molar-refractivity contribution in [2.75, 3.05) is 0 Å². The number of Topliss-reactive ketones (excluding diaryl/α,β-unsaturated/α-hetero) is 1. The molecule has 0 saturated heterocycles. The number of carbonyl (C=O) groups excluding carboxylic acids is 2. The lowest BCUT2D eigenvalue weighted by atomic mass is 9.55. The minimum Gasteiger partial charge on any atom is -0.299 e. The number of allylic oxidation sites excluding steroid dienone is 4. The van der Waals surface area contributed by atoms with Crippen LogP contribution < -0.4 is 0 Å². The van der Waals surface area contributed by atoms with E-state index in [9.17, 15) is 9.59 Å². The molecule has 2 saturated carbocycles. The topological polar surface area (TPSA) is 34.1 Å². The van der Waals surface area contributed by atoms with Crippen molar-refractivity contribution in [2.45, 2.75) is 72.1 Å². The van der Waals surface area contributed by atoms with Gasteiger partial charge in [-0.25, -0.2) is 0 Å². The van der Waals surface area contributed by atoms with Crippen molar-refractivity contribution in [1.29, 1.82) is 0 Å². The molecular formula is C22H30O2. The third-order valence-electron chi connectivity index (χ3n) is 7.64. The van der Waals surface area contributed by atoms with Crippen LogP contribution in [0.1, 0.15) is 72.1 Å². The highest BCUT2D eigenvalue weighted by molar-refractivity contribution is 5.93. The van der Waals surface area contributed by atoms with Crippen molar-refractivity contribution in [3.8, 4) is 0 Å². The smallest absolute Gasteiger partial charge is 0.156 e. The van der Waals surface area contributed by atoms with Gasteiger partial charge < -0.3 is 0 Å². The summed E-state index contributed by atoms with van der Waals surface area (Å²) in [4.78, 5) is 24.5. The molecule has 0 amide bonds. The van der Waals surface area contributed by atoms with Crippen molar-refractivity contribution in [3.05, 3.63) is 22.8 Å². The molecule has 2 heteroatoms. The Labute approximate surface area is 145 Å². The summed E-state index contributed by atoms with van der Waals surface area (Å²) >= 11 is 0. The maximum Gasteiger partial charge on any atom is 0.156 e. The summed E-state index contributed by atoms with van der Waals surface area (Å²) in [7, 11) is 0. The first kappa shape index (κ1) is 16.3. The molecule has 4 aliphatic rings. The molecule has 0 heterocycles. The van der Waals surface area contributed by atoms with E-state index in [-0.39, 0.29) is 17.3 Å². The van der Waals surface area contributed by atoms with Crippen LogP contribution in [0.3, 0.4) is 0 Å². The van der Waals surface area contributed by atoms with Gasteiger partial charge in [0.15, 0.2) is 5.78 Å². The zero-order valence-electron chi connectivity index (χ0n) is 15.4. The summed E-state index contributed by atoms with van der Waals surface area (Å²) in [5.41, 5.74) is 4.75. The number of ketones is 2. The molecule has 0 aliphatic heterocycles. The fourth-order valence-corrected chi connectivity index (χ4v) is 6.40. The fourth-order valence-electron chi connectivity index (χ4n) is 6.40. The van der Waals surface area contributed by atoms with Crippen LogP contribution in [-0.2, 0) is 9.59 Å². The zero-order chi connectivity index (χ0) is 17.1. The van der Waals surface area contributed by atoms with Gasteiger partial charge in [0.1, 0.15) is 5.78 Å². The van der Waals surface area contributed by atoms with E-state index in [1.165, 1.54) is 24.0 Å². The Kier molecular flexibility index (Phi) is 3.85. The Hall–Kier alpha value is -1.18. The lowest BCUT2D eigenvalue weighted by Gasteiger charge is -2.49. The highest BCUT2D eigenvalue weighted by Crippen LogP contribution is 2.62. The minimum atomic E-state index is 0.163. The van der Waals surface area contributed by atoms with Crippen molar-refractivity contribution in [1.82, 2.24) is 0 Å². The quantitative estimate of drug-likeness (QED) is 0.713. The maximum atomic E-state index is 12.8. The Balaban J connectivity index is 1.67. The molecule has 0 radical (unpaired) electrons. The van der Waals surface area contributed by atoms with Gasteiger partial charge in [-0.05, 0) is 79.4 Å². The van der Waals surface area contributed by atoms with Crippen LogP contribution in [0.2, 0.25) is 0 Å². The number of carbonyl (C=O) groups is 2. The molecule has 0 aromatic heterocycles. The van der Waals surface area contributed by atoms with Crippen molar-refractivity contribution >= 4 is 11.6 Å². The average molecular weight is 326 g/mol. The molecule has 0 aromatic rings. The van der Waals surface area contributed by atoms with E-state index in [2.05, 4.69) is 20.8 Å². The van der Waals surface area contributed by atoms with Gasteiger partial charge >= 0.3 is 0 Å². The number of fused-ring (bicyclic) bond motifs is 4. The van der Waals surface area contributed by atoms with Crippen LogP contribution in [0.5, 0.6) is 0 Å². The lowest BCUT2D eigenvalue weighted by Crippen LogP contribution is -2.42. The van der Waals surface area contributed by atoms with E-state index >= 15 is 0 Å². The van der Waals surface area contributed by atoms with Gasteiger partial charge in [0.25, 0.3) is 0 Å². The highest BCUT2D eigenvalue weighted by Gasteiger charge is 2.55. The molecule has 4 aliphatic carbocycles. The summed E-state index contributed by atoms with van der Waals surface area (Å²) in [6, 6.07) is 0. The van der Waals surface area contributed by atoms with E-state index in [0.29, 0.717) is 29.8 Å². The summed E-state index contributed by atoms with van der Waals surface area (Å²) in [6.07, 6.45) is 10.5. The molecule has 4 rings (SSSR count). The summed E-state index contributed by atoms with van der Waals surface area (Å²) in [5.74, 6) is 2.61. The average Bonchev–Trinajstić information content (AvgIpc) is 2.90. The monoisotopic (exact) mass is 326 g/mol. The number of rotatable bonds is 2. The first-order valence-electron chi connectivity index (χ1n) is 9.91. The van der Waals surface area contributed by atoms with Crippen molar-refractivity contribution < 1.29 is 9.59 Å². The highest BCUT2D eigenvalue weighted by atomic mass is 16.1. The van der Waals surface area contributed by atoms with Crippen LogP contribution in [0.15, 0.2) is 22.8 Å². The van der Waals surface area contributed by atoms with E-state index < -0.39 is 0 Å². The second-order valence-corrected chi connectivity index (χ2v) is 9.08. The summed E-state index contributed by atoms with van der Waals surface area (Å²) in [5, 5.41) is 0. The summed E-state index contributed by atoms with van der Waals surface area (Å²) in [6.45, 7) is 6.53. The Morgan fingerprint density at radius 3 is 2.67 bits per heavy atom. The minimum absolute atomic E-state index is 0.163. The van der Waals surface area contributed by atoms with Gasteiger partial charge in [0.2, 0.25) is 0 Å². The molecule has 0 bridgehead atoms. The normalized spacial score (nSPS) is 38.6. The number of hydrogen-bond acceptors (Lipinski definition) is 2. The number of hydrogen-bond donors (Lipinski definition) is 0. The Bertz CT molecular complexity index is 651. The molecule has 2 fully saturated rings. The van der Waals surface area contributed by atoms with Crippen molar-refractivity contribution in [3.63, 3.8) is 0 Å². The van der Waals surface area contributed by atoms with Gasteiger partial charge in [0.05, 0.1) is 0 Å². The second kappa shape index (κ2) is 5.68. The predicted octanol–water partition coefficient (Wildman–Crippen LogP) is 5.03. The fraction of sp³-hybridized carbons (Fsp3) is 0.727. The largest absolute Gasteiger partial charge is 0.299 e. The molecule has 0 unspecified atom stereocenters. The SMILES string of the molecule is CC(C)C(=O)[C@@H]1CC[C@H]2[C@@H]3CCC4=CC(=O)CCC4=C3CC[C@]12C. The summed E-state index contributed by atoms with van der Waals surface area (Å²) < 4.78 is 0. The standard InChI is InChI=1S/C22H30O2/c1-13(2)21(24)20-9-8-19-18-6-4-14-12-15(23)5-7-16(14)17(18)10-11-22(19,20)3/h12-13,18-20H,4-11H2,1-3H3/t18-,19+,20+,22+/m1/s1. The maximum absolute atomic E-state index is 12.8. The first-order valence-corrected chi connectivity index (χ1v) is 9.91. The van der Waals surface area contributed by atoms with Crippen LogP contribution in [0, 0.1) is 29.1 Å². The van der Waals surface area contributed by atoms with Gasteiger partial charge in [-0.2, -0.15) is 0 Å². The van der Waals surface area contributed by atoms with Crippen LogP contribution >= 0.6 is 0 Å². The van der Waals surface area contributed by atoms with Crippen molar-refractivity contribution in [2.24, 2.45) is 29.1 Å². The van der Waals surface area contributed by atoms with Gasteiger partial charge in [0, 0.05) is 18.3 Å². The first-order chi connectivity index (χ1) is 11.4. The zero-order valence-corrected chi connectivity index (χ0v) is 15.4. The molecule has 2 nitrogen and oxygen atoms in total. The molecule has 24 heavy (non-hydrogen) atoms. The molecule has 0 aromatic carbocycles. The molecular weight excluding hydrogens is 296 g/mol. The third kappa shape index (κ3) is 2.29. The Morgan fingerprint density at radius 2 is 1.92 bits per heavy atom. The molecule has 130 valence electrons. The van der Waals surface area contributed by atoms with E-state index in [1.807, 2.05) is 6.08 Å². The third-order valence-corrected chi connectivity index (χ3v) is 7.64. The van der Waals surface area contributed by atoms with Crippen LogP contribution in [0.25, 0.3) is 0 Å². The molecule has 0 spiro atoms. The van der Waals surface area contributed by atoms with Gasteiger partial charge in [-0.15, -0.1) is 0 Å². The van der Waals surface area contributed by atoms with Crippen LogP contribution in [-0.4, -0.2) is 11.6 Å².